The summed E-state index contributed by atoms with van der Waals surface area (Å²) < 4.78 is 6.22. The number of halogens is 2. The summed E-state index contributed by atoms with van der Waals surface area (Å²) in [6, 6.07) is 9.52. The average Bonchev–Trinajstić information content (AvgIpc) is 2.64. The van der Waals surface area contributed by atoms with Crippen LogP contribution in [0.5, 0.6) is 0 Å². The van der Waals surface area contributed by atoms with Gasteiger partial charge in [0, 0.05) is 41.5 Å². The molecule has 25 heavy (non-hydrogen) atoms. The molecule has 0 bridgehead atoms. The van der Waals surface area contributed by atoms with E-state index in [-0.39, 0.29) is 11.9 Å². The summed E-state index contributed by atoms with van der Waals surface area (Å²) in [5.41, 5.74) is 1.54. The van der Waals surface area contributed by atoms with Crippen molar-refractivity contribution in [2.75, 3.05) is 32.8 Å². The Morgan fingerprint density at radius 2 is 2.08 bits per heavy atom. The van der Waals surface area contributed by atoms with Gasteiger partial charge in [-0.05, 0) is 33.6 Å². The number of rotatable bonds is 5. The number of hydrogen-bond donors (Lipinski definition) is 1. The fourth-order valence-electron chi connectivity index (χ4n) is 2.90. The van der Waals surface area contributed by atoms with Crippen molar-refractivity contribution in [1.29, 1.82) is 0 Å². The van der Waals surface area contributed by atoms with Gasteiger partial charge in [-0.3, -0.25) is 14.7 Å². The highest BCUT2D eigenvalue weighted by Crippen LogP contribution is 2.27. The first kappa shape index (κ1) is 18.3. The average molecular weight is 425 g/mol. The number of nitrogens with one attached hydrogen (secondary N) is 1. The number of benzene rings is 1. The molecular formula is C18H19BrClN3O2. The summed E-state index contributed by atoms with van der Waals surface area (Å²) in [6.07, 6.45) is 3.20. The number of nitrogens with zero attached hydrogens (tertiary/aromatic N) is 2. The molecule has 1 unspecified atom stereocenters. The van der Waals surface area contributed by atoms with Crippen molar-refractivity contribution in [3.8, 4) is 0 Å². The molecule has 7 heteroatoms. The van der Waals surface area contributed by atoms with Crippen LogP contribution in [0.1, 0.15) is 22.0 Å². The Hall–Kier alpha value is -1.47. The predicted molar refractivity (Wildman–Crippen MR) is 101 cm³/mol. The maximum absolute atomic E-state index is 12.5. The van der Waals surface area contributed by atoms with Crippen LogP contribution in [0.2, 0.25) is 5.02 Å². The van der Waals surface area contributed by atoms with Crippen LogP contribution in [-0.4, -0.2) is 48.6 Å². The number of carbonyl (C=O) groups excluding carboxylic acids is 1. The third kappa shape index (κ3) is 4.79. The van der Waals surface area contributed by atoms with E-state index < -0.39 is 0 Å². The Kier molecular flexibility index (Phi) is 6.42. The van der Waals surface area contributed by atoms with E-state index in [0.717, 1.165) is 23.1 Å². The molecule has 3 rings (SSSR count). The lowest BCUT2D eigenvalue weighted by atomic mass is 10.0. The number of carbonyl (C=O) groups is 1. The Morgan fingerprint density at radius 3 is 2.80 bits per heavy atom. The minimum absolute atomic E-state index is 0.00154. The SMILES string of the molecule is O=C(NCC(c1ccccc1Cl)N1CCOCC1)c1cncc(Br)c1. The summed E-state index contributed by atoms with van der Waals surface area (Å²) in [6.45, 7) is 3.46. The highest BCUT2D eigenvalue weighted by atomic mass is 79.9. The summed E-state index contributed by atoms with van der Waals surface area (Å²) in [5, 5.41) is 3.71. The van der Waals surface area contributed by atoms with E-state index >= 15 is 0 Å². The van der Waals surface area contributed by atoms with Crippen LogP contribution < -0.4 is 5.32 Å². The van der Waals surface area contributed by atoms with Crippen LogP contribution in [0.15, 0.2) is 47.2 Å². The molecule has 5 nitrogen and oxygen atoms in total. The van der Waals surface area contributed by atoms with Gasteiger partial charge in [0.05, 0.1) is 24.8 Å². The molecule has 2 heterocycles. The van der Waals surface area contributed by atoms with E-state index in [2.05, 4.69) is 31.1 Å². The second kappa shape index (κ2) is 8.76. The molecule has 2 aromatic rings. The number of hydrogen-bond acceptors (Lipinski definition) is 4. The molecule has 1 fully saturated rings. The smallest absolute Gasteiger partial charge is 0.252 e. The number of aromatic nitrogens is 1. The molecule has 1 saturated heterocycles. The quantitative estimate of drug-likeness (QED) is 0.800. The van der Waals surface area contributed by atoms with Crippen LogP contribution >= 0.6 is 27.5 Å². The Bertz CT molecular complexity index is 738. The van der Waals surface area contributed by atoms with Crippen molar-refractivity contribution in [1.82, 2.24) is 15.2 Å². The van der Waals surface area contributed by atoms with E-state index in [4.69, 9.17) is 16.3 Å². The van der Waals surface area contributed by atoms with Crippen molar-refractivity contribution in [2.45, 2.75) is 6.04 Å². The van der Waals surface area contributed by atoms with Crippen molar-refractivity contribution in [3.63, 3.8) is 0 Å². The lowest BCUT2D eigenvalue weighted by Gasteiger charge is -2.35. The largest absolute Gasteiger partial charge is 0.379 e. The van der Waals surface area contributed by atoms with Crippen molar-refractivity contribution < 1.29 is 9.53 Å². The molecule has 1 aromatic heterocycles. The van der Waals surface area contributed by atoms with Gasteiger partial charge in [-0.25, -0.2) is 0 Å². The van der Waals surface area contributed by atoms with Gasteiger partial charge in [0.1, 0.15) is 0 Å². The lowest BCUT2D eigenvalue weighted by molar-refractivity contribution is 0.0162. The van der Waals surface area contributed by atoms with E-state index in [9.17, 15) is 4.79 Å². The fraction of sp³-hybridized carbons (Fsp3) is 0.333. The van der Waals surface area contributed by atoms with Crippen LogP contribution in [0.3, 0.4) is 0 Å². The Labute approximate surface area is 160 Å². The first-order chi connectivity index (χ1) is 12.1. The summed E-state index contributed by atoms with van der Waals surface area (Å²) in [4.78, 5) is 18.8. The minimum Gasteiger partial charge on any atom is -0.379 e. The molecule has 1 aliphatic heterocycles. The van der Waals surface area contributed by atoms with Gasteiger partial charge >= 0.3 is 0 Å². The Balaban J connectivity index is 1.75. The second-order valence-corrected chi connectivity index (χ2v) is 7.11. The second-order valence-electron chi connectivity index (χ2n) is 5.79. The number of morpholine rings is 1. The molecule has 1 amide bonds. The van der Waals surface area contributed by atoms with Gasteiger partial charge in [-0.1, -0.05) is 29.8 Å². The first-order valence-electron chi connectivity index (χ1n) is 8.10. The van der Waals surface area contributed by atoms with E-state index in [1.165, 1.54) is 0 Å². The summed E-state index contributed by atoms with van der Waals surface area (Å²) in [5.74, 6) is -0.154. The fourth-order valence-corrected chi connectivity index (χ4v) is 3.52. The molecule has 0 spiro atoms. The van der Waals surface area contributed by atoms with Crippen molar-refractivity contribution in [3.05, 3.63) is 63.3 Å². The maximum atomic E-state index is 12.5. The van der Waals surface area contributed by atoms with Crippen LogP contribution in [0.4, 0.5) is 0 Å². The van der Waals surface area contributed by atoms with Gasteiger partial charge in [0.2, 0.25) is 0 Å². The zero-order valence-corrected chi connectivity index (χ0v) is 16.0. The van der Waals surface area contributed by atoms with Crippen LogP contribution in [0.25, 0.3) is 0 Å². The maximum Gasteiger partial charge on any atom is 0.252 e. The highest BCUT2D eigenvalue weighted by molar-refractivity contribution is 9.10. The topological polar surface area (TPSA) is 54.5 Å². The lowest BCUT2D eigenvalue weighted by Crippen LogP contribution is -2.44. The van der Waals surface area contributed by atoms with Crippen LogP contribution in [0, 0.1) is 0 Å². The standard InChI is InChI=1S/C18H19BrClN3O2/c19-14-9-13(10-21-11-14)18(24)22-12-17(23-5-7-25-8-6-23)15-3-1-2-4-16(15)20/h1-4,9-11,17H,5-8,12H2,(H,22,24). The molecule has 132 valence electrons. The highest BCUT2D eigenvalue weighted by Gasteiger charge is 2.25. The third-order valence-electron chi connectivity index (χ3n) is 4.17. The minimum atomic E-state index is -0.154. The molecule has 0 saturated carbocycles. The normalized spacial score (nSPS) is 16.4. The third-order valence-corrected chi connectivity index (χ3v) is 4.95. The van der Waals surface area contributed by atoms with Gasteiger partial charge in [0.15, 0.2) is 0 Å². The van der Waals surface area contributed by atoms with Gasteiger partial charge < -0.3 is 10.1 Å². The van der Waals surface area contributed by atoms with Gasteiger partial charge in [0.25, 0.3) is 5.91 Å². The van der Waals surface area contributed by atoms with Gasteiger partial charge in [-0.2, -0.15) is 0 Å². The molecule has 1 aliphatic rings. The number of ether oxygens (including phenoxy) is 1. The van der Waals surface area contributed by atoms with Crippen molar-refractivity contribution >= 4 is 33.4 Å². The van der Waals surface area contributed by atoms with Gasteiger partial charge in [-0.15, -0.1) is 0 Å². The number of pyridine rings is 1. The molecule has 1 atom stereocenters. The monoisotopic (exact) mass is 423 g/mol. The zero-order valence-electron chi connectivity index (χ0n) is 13.6. The molecule has 1 N–H and O–H groups in total. The Morgan fingerprint density at radius 1 is 1.32 bits per heavy atom. The van der Waals surface area contributed by atoms with E-state index in [0.29, 0.717) is 30.3 Å². The molecule has 0 radical (unpaired) electrons. The molecular weight excluding hydrogens is 406 g/mol. The first-order valence-corrected chi connectivity index (χ1v) is 9.27. The number of amides is 1. The zero-order chi connectivity index (χ0) is 17.6. The van der Waals surface area contributed by atoms with Crippen molar-refractivity contribution in [2.24, 2.45) is 0 Å². The molecule has 1 aromatic carbocycles. The summed E-state index contributed by atoms with van der Waals surface area (Å²) in [7, 11) is 0. The van der Waals surface area contributed by atoms with E-state index in [1.807, 2.05) is 24.3 Å². The summed E-state index contributed by atoms with van der Waals surface area (Å²) >= 11 is 9.74. The molecule has 0 aliphatic carbocycles. The predicted octanol–water partition coefficient (Wildman–Crippen LogP) is 3.30. The van der Waals surface area contributed by atoms with E-state index in [1.54, 1.807) is 18.5 Å². The van der Waals surface area contributed by atoms with Crippen LogP contribution in [-0.2, 0) is 4.74 Å².